The van der Waals surface area contributed by atoms with Gasteiger partial charge in [-0.1, -0.05) is 12.1 Å². The highest BCUT2D eigenvalue weighted by molar-refractivity contribution is 14.1. The Bertz CT molecular complexity index is 985. The van der Waals surface area contributed by atoms with E-state index in [1.54, 1.807) is 32.7 Å². The molecule has 8 heteroatoms. The normalized spacial score (nSPS) is 10.8. The molecule has 0 aliphatic heterocycles. The molecular weight excluding hydrogens is 459 g/mol. The molecule has 0 spiro atoms. The van der Waals surface area contributed by atoms with Crippen LogP contribution in [0.4, 0.5) is 0 Å². The molecule has 0 aliphatic carbocycles. The van der Waals surface area contributed by atoms with Gasteiger partial charge in [-0.2, -0.15) is 10.2 Å². The first-order chi connectivity index (χ1) is 13.1. The summed E-state index contributed by atoms with van der Waals surface area (Å²) >= 11 is 2.11. The van der Waals surface area contributed by atoms with Crippen molar-refractivity contribution in [1.29, 1.82) is 0 Å². The highest BCUT2D eigenvalue weighted by atomic mass is 127. The summed E-state index contributed by atoms with van der Waals surface area (Å²) in [7, 11) is 3.17. The second-order valence-corrected chi connectivity index (χ2v) is 6.61. The van der Waals surface area contributed by atoms with Gasteiger partial charge in [-0.25, -0.2) is 5.43 Å². The number of carbonyl (C=O) groups is 1. The lowest BCUT2D eigenvalue weighted by Crippen LogP contribution is -2.18. The average Bonchev–Trinajstić information content (AvgIpc) is 3.16. The third-order valence-electron chi connectivity index (χ3n) is 3.83. The Labute approximate surface area is 169 Å². The predicted molar refractivity (Wildman–Crippen MR) is 111 cm³/mol. The van der Waals surface area contributed by atoms with Crippen molar-refractivity contribution in [3.05, 3.63) is 63.4 Å². The zero-order chi connectivity index (χ0) is 19.2. The van der Waals surface area contributed by atoms with Gasteiger partial charge in [-0.05, 0) is 52.9 Å². The van der Waals surface area contributed by atoms with Gasteiger partial charge in [-0.3, -0.25) is 9.89 Å². The molecule has 2 N–H and O–H groups in total. The highest BCUT2D eigenvalue weighted by Crippen LogP contribution is 2.32. The van der Waals surface area contributed by atoms with Gasteiger partial charge in [0.25, 0.3) is 5.91 Å². The van der Waals surface area contributed by atoms with Crippen molar-refractivity contribution in [2.45, 2.75) is 0 Å². The molecule has 7 nitrogen and oxygen atoms in total. The fraction of sp³-hybridized carbons (Fsp3) is 0.105. The molecule has 138 valence electrons. The number of ether oxygens (including phenoxy) is 2. The van der Waals surface area contributed by atoms with E-state index in [0.29, 0.717) is 17.1 Å². The quantitative estimate of drug-likeness (QED) is 0.324. The number of nitrogens with one attached hydrogen (secondary N) is 2. The number of hydrogen-bond acceptors (Lipinski definition) is 5. The summed E-state index contributed by atoms with van der Waals surface area (Å²) in [5.41, 5.74) is 5.45. The largest absolute Gasteiger partial charge is 0.493 e. The number of nitrogens with zero attached hydrogens (tertiary/aromatic N) is 2. The number of rotatable bonds is 6. The third kappa shape index (κ3) is 4.27. The maximum Gasteiger partial charge on any atom is 0.272 e. The number of aromatic amines is 1. The Balaban J connectivity index is 1.78. The van der Waals surface area contributed by atoms with E-state index in [2.05, 4.69) is 43.3 Å². The minimum atomic E-state index is -0.271. The molecule has 1 aromatic heterocycles. The molecule has 0 atom stereocenters. The van der Waals surface area contributed by atoms with E-state index >= 15 is 0 Å². The number of methoxy groups -OCH3 is 2. The Morgan fingerprint density at radius 3 is 2.70 bits per heavy atom. The van der Waals surface area contributed by atoms with Crippen LogP contribution in [0.5, 0.6) is 11.5 Å². The number of benzene rings is 2. The molecule has 0 bridgehead atoms. The topological polar surface area (TPSA) is 88.6 Å². The van der Waals surface area contributed by atoms with Gasteiger partial charge in [0.15, 0.2) is 11.5 Å². The van der Waals surface area contributed by atoms with Gasteiger partial charge in [0, 0.05) is 14.7 Å². The van der Waals surface area contributed by atoms with Crippen molar-refractivity contribution in [2.75, 3.05) is 14.2 Å². The van der Waals surface area contributed by atoms with Crippen molar-refractivity contribution in [1.82, 2.24) is 15.6 Å². The molecule has 3 rings (SSSR count). The highest BCUT2D eigenvalue weighted by Gasteiger charge is 2.11. The molecular formula is C19H17IN4O3. The van der Waals surface area contributed by atoms with Gasteiger partial charge < -0.3 is 9.47 Å². The maximum absolute atomic E-state index is 12.2. The molecule has 0 unspecified atom stereocenters. The van der Waals surface area contributed by atoms with Crippen LogP contribution in [0.25, 0.3) is 11.3 Å². The van der Waals surface area contributed by atoms with Gasteiger partial charge in [0.05, 0.1) is 37.9 Å². The number of amides is 1. The smallest absolute Gasteiger partial charge is 0.272 e. The van der Waals surface area contributed by atoms with Crippen LogP contribution in [-0.2, 0) is 0 Å². The Morgan fingerprint density at radius 2 is 1.96 bits per heavy atom. The monoisotopic (exact) mass is 476 g/mol. The second kappa shape index (κ2) is 8.67. The lowest BCUT2D eigenvalue weighted by molar-refractivity contribution is 0.0954. The molecule has 0 saturated carbocycles. The summed E-state index contributed by atoms with van der Waals surface area (Å²) in [6.07, 6.45) is 3.18. The van der Waals surface area contributed by atoms with Gasteiger partial charge in [0.2, 0.25) is 0 Å². The minimum absolute atomic E-state index is 0.271. The first-order valence-electron chi connectivity index (χ1n) is 7.97. The zero-order valence-electron chi connectivity index (χ0n) is 14.7. The van der Waals surface area contributed by atoms with E-state index in [4.69, 9.17) is 9.47 Å². The van der Waals surface area contributed by atoms with Gasteiger partial charge >= 0.3 is 0 Å². The summed E-state index contributed by atoms with van der Waals surface area (Å²) < 4.78 is 11.5. The molecule has 0 saturated heterocycles. The first-order valence-corrected chi connectivity index (χ1v) is 9.05. The number of carbonyl (C=O) groups excluding carboxylic acids is 1. The van der Waals surface area contributed by atoms with E-state index in [1.807, 2.05) is 36.4 Å². The van der Waals surface area contributed by atoms with E-state index in [9.17, 15) is 4.79 Å². The lowest BCUT2D eigenvalue weighted by Gasteiger charge is -2.09. The van der Waals surface area contributed by atoms with Crippen LogP contribution in [0.15, 0.2) is 53.8 Å². The molecule has 1 heterocycles. The van der Waals surface area contributed by atoms with Crippen molar-refractivity contribution < 1.29 is 14.3 Å². The van der Waals surface area contributed by atoms with Crippen LogP contribution in [0.1, 0.15) is 15.9 Å². The van der Waals surface area contributed by atoms with Crippen LogP contribution < -0.4 is 14.9 Å². The Morgan fingerprint density at radius 1 is 1.19 bits per heavy atom. The van der Waals surface area contributed by atoms with Crippen LogP contribution in [-0.4, -0.2) is 36.5 Å². The summed E-state index contributed by atoms with van der Waals surface area (Å²) in [6.45, 7) is 0. The zero-order valence-corrected chi connectivity index (χ0v) is 16.9. The van der Waals surface area contributed by atoms with Crippen molar-refractivity contribution in [2.24, 2.45) is 5.10 Å². The summed E-state index contributed by atoms with van der Waals surface area (Å²) in [6, 6.07) is 12.8. The Kier molecular flexibility index (Phi) is 6.07. The maximum atomic E-state index is 12.2. The van der Waals surface area contributed by atoms with E-state index < -0.39 is 0 Å². The predicted octanol–water partition coefficient (Wildman–Crippen LogP) is 3.46. The van der Waals surface area contributed by atoms with E-state index in [1.165, 1.54) is 0 Å². The van der Waals surface area contributed by atoms with E-state index in [-0.39, 0.29) is 5.91 Å². The standard InChI is InChI=1S/C19H17IN4O3/c1-26-16-8-7-12(9-17(16)27-2)18-13(10-21-23-18)11-22-24-19(25)14-5-3-4-6-15(14)20/h3-11H,1-2H3,(H,21,23)(H,24,25)/b22-11-. The van der Waals surface area contributed by atoms with Crippen molar-refractivity contribution >= 4 is 34.7 Å². The van der Waals surface area contributed by atoms with Crippen LogP contribution in [0.2, 0.25) is 0 Å². The number of H-pyrrole nitrogens is 1. The second-order valence-electron chi connectivity index (χ2n) is 5.45. The number of aromatic nitrogens is 2. The first kappa shape index (κ1) is 18.9. The van der Waals surface area contributed by atoms with Crippen molar-refractivity contribution in [3.8, 4) is 22.8 Å². The fourth-order valence-corrected chi connectivity index (χ4v) is 3.11. The number of halogens is 1. The van der Waals surface area contributed by atoms with Gasteiger partial charge in [-0.15, -0.1) is 0 Å². The minimum Gasteiger partial charge on any atom is -0.493 e. The SMILES string of the molecule is COc1ccc(-c2[nH]ncc2/C=N\NC(=O)c2ccccc2I)cc1OC. The molecule has 0 aliphatic rings. The average molecular weight is 476 g/mol. The lowest BCUT2D eigenvalue weighted by atomic mass is 10.1. The van der Waals surface area contributed by atoms with E-state index in [0.717, 1.165) is 20.4 Å². The Hall–Kier alpha value is -2.88. The summed E-state index contributed by atoms with van der Waals surface area (Å²) in [5, 5.41) is 11.1. The number of hydrogen-bond donors (Lipinski definition) is 2. The van der Waals surface area contributed by atoms with Crippen molar-refractivity contribution in [3.63, 3.8) is 0 Å². The number of hydrazone groups is 1. The molecule has 0 radical (unpaired) electrons. The summed E-state index contributed by atoms with van der Waals surface area (Å²) in [5.74, 6) is 0.979. The van der Waals surface area contributed by atoms with Crippen LogP contribution in [0.3, 0.4) is 0 Å². The van der Waals surface area contributed by atoms with Crippen LogP contribution in [0, 0.1) is 3.57 Å². The molecule has 1 amide bonds. The molecule has 27 heavy (non-hydrogen) atoms. The fourth-order valence-electron chi connectivity index (χ4n) is 2.48. The van der Waals surface area contributed by atoms with Gasteiger partial charge in [0.1, 0.15) is 0 Å². The summed E-state index contributed by atoms with van der Waals surface area (Å²) in [4.78, 5) is 12.2. The molecule has 0 fully saturated rings. The third-order valence-corrected chi connectivity index (χ3v) is 4.77. The van der Waals surface area contributed by atoms with Crippen LogP contribution >= 0.6 is 22.6 Å². The molecule has 2 aromatic carbocycles. The molecule has 3 aromatic rings.